The van der Waals surface area contributed by atoms with Gasteiger partial charge in [0, 0.05) is 6.42 Å². The van der Waals surface area contributed by atoms with E-state index in [9.17, 15) is 9.59 Å². The van der Waals surface area contributed by atoms with Gasteiger partial charge in [-0.05, 0) is 41.0 Å². The predicted molar refractivity (Wildman–Crippen MR) is 77.9 cm³/mol. The summed E-state index contributed by atoms with van der Waals surface area (Å²) in [6.45, 7) is 9.42. The van der Waals surface area contributed by atoms with Gasteiger partial charge >= 0.3 is 12.1 Å². The number of rotatable bonds is 4. The van der Waals surface area contributed by atoms with E-state index in [1.165, 1.54) is 0 Å². The lowest BCUT2D eigenvalue weighted by Crippen LogP contribution is -2.49. The molecule has 6 nitrogen and oxygen atoms in total. The number of carboxylic acids is 1. The van der Waals surface area contributed by atoms with Crippen LogP contribution in [0.15, 0.2) is 12.2 Å². The molecule has 0 saturated carbocycles. The average Bonchev–Trinajstić information content (AvgIpc) is 2.57. The zero-order chi connectivity index (χ0) is 16.3. The summed E-state index contributed by atoms with van der Waals surface area (Å²) in [4.78, 5) is 24.4. The van der Waals surface area contributed by atoms with E-state index in [1.54, 1.807) is 11.0 Å². The molecular formula is C15H25NO5. The number of hydrogen-bond acceptors (Lipinski definition) is 4. The van der Waals surface area contributed by atoms with Crippen LogP contribution in [0.4, 0.5) is 4.79 Å². The van der Waals surface area contributed by atoms with Gasteiger partial charge in [-0.3, -0.25) is 9.69 Å². The van der Waals surface area contributed by atoms with Gasteiger partial charge < -0.3 is 14.6 Å². The molecule has 0 aromatic carbocycles. The summed E-state index contributed by atoms with van der Waals surface area (Å²) in [7, 11) is 0. The molecule has 1 rings (SSSR count). The summed E-state index contributed by atoms with van der Waals surface area (Å²) in [5.74, 6) is -0.841. The maximum absolute atomic E-state index is 12.3. The van der Waals surface area contributed by atoms with Crippen molar-refractivity contribution in [2.75, 3.05) is 6.61 Å². The van der Waals surface area contributed by atoms with Crippen LogP contribution in [0, 0.1) is 0 Å². The summed E-state index contributed by atoms with van der Waals surface area (Å²) >= 11 is 0. The average molecular weight is 299 g/mol. The minimum Gasteiger partial charge on any atom is -0.481 e. The standard InChI is InChI=1S/C15H25NO5/c1-14(2,3)21-13(19)16-11(10-20-15(16,4)5)8-6-7-9-12(17)18/h6,8,11H,7,9-10H2,1-5H3,(H,17,18)/b8-6-/t11-/m1/s1. The van der Waals surface area contributed by atoms with Crippen LogP contribution in [0.25, 0.3) is 0 Å². The van der Waals surface area contributed by atoms with Crippen molar-refractivity contribution in [3.8, 4) is 0 Å². The first kappa shape index (κ1) is 17.5. The fourth-order valence-electron chi connectivity index (χ4n) is 2.10. The van der Waals surface area contributed by atoms with Gasteiger partial charge in [-0.2, -0.15) is 0 Å². The van der Waals surface area contributed by atoms with E-state index in [-0.39, 0.29) is 12.5 Å². The maximum atomic E-state index is 12.3. The van der Waals surface area contributed by atoms with Gasteiger partial charge in [0.15, 0.2) is 0 Å². The lowest BCUT2D eigenvalue weighted by Gasteiger charge is -2.34. The van der Waals surface area contributed by atoms with Gasteiger partial charge in [-0.15, -0.1) is 0 Å². The molecule has 0 unspecified atom stereocenters. The predicted octanol–water partition coefficient (Wildman–Crippen LogP) is 2.78. The Bertz CT molecular complexity index is 422. The van der Waals surface area contributed by atoms with Crippen molar-refractivity contribution in [1.82, 2.24) is 4.90 Å². The van der Waals surface area contributed by atoms with E-state index >= 15 is 0 Å². The molecule has 0 bridgehead atoms. The molecule has 120 valence electrons. The van der Waals surface area contributed by atoms with E-state index in [4.69, 9.17) is 14.6 Å². The third kappa shape index (κ3) is 5.38. The number of carboxylic acid groups (broad SMARTS) is 1. The molecule has 0 aromatic heterocycles. The van der Waals surface area contributed by atoms with Crippen LogP contribution in [0.2, 0.25) is 0 Å². The van der Waals surface area contributed by atoms with Crippen LogP contribution in [0.1, 0.15) is 47.5 Å². The normalized spacial score (nSPS) is 21.8. The smallest absolute Gasteiger partial charge is 0.413 e. The molecule has 21 heavy (non-hydrogen) atoms. The zero-order valence-corrected chi connectivity index (χ0v) is 13.4. The van der Waals surface area contributed by atoms with Crippen molar-refractivity contribution in [3.63, 3.8) is 0 Å². The lowest BCUT2D eigenvalue weighted by molar-refractivity contribution is -0.136. The molecule has 1 amide bonds. The quantitative estimate of drug-likeness (QED) is 0.808. The molecule has 1 aliphatic rings. The molecule has 0 radical (unpaired) electrons. The second-order valence-electron chi connectivity index (χ2n) is 6.54. The molecule has 1 fully saturated rings. The number of allylic oxidation sites excluding steroid dienone is 1. The highest BCUT2D eigenvalue weighted by Crippen LogP contribution is 2.30. The Labute approximate surface area is 125 Å². The van der Waals surface area contributed by atoms with Crippen molar-refractivity contribution in [2.24, 2.45) is 0 Å². The molecule has 1 N–H and O–H groups in total. The van der Waals surface area contributed by atoms with E-state index in [0.29, 0.717) is 13.0 Å². The summed E-state index contributed by atoms with van der Waals surface area (Å²) < 4.78 is 11.0. The molecule has 1 atom stereocenters. The minimum absolute atomic E-state index is 0.0694. The van der Waals surface area contributed by atoms with Crippen molar-refractivity contribution in [1.29, 1.82) is 0 Å². The lowest BCUT2D eigenvalue weighted by atomic mass is 10.1. The number of aliphatic carboxylic acids is 1. The SMILES string of the molecule is CC(C)(C)OC(=O)N1[C@H](/C=C\CCC(=O)O)COC1(C)C. The van der Waals surface area contributed by atoms with E-state index in [0.717, 1.165) is 0 Å². The monoisotopic (exact) mass is 299 g/mol. The Kier molecular flexibility index (Phi) is 5.39. The van der Waals surface area contributed by atoms with Gasteiger partial charge in [0.2, 0.25) is 0 Å². The Morgan fingerprint density at radius 3 is 2.57 bits per heavy atom. The number of carbonyl (C=O) groups excluding carboxylic acids is 1. The highest BCUT2D eigenvalue weighted by atomic mass is 16.6. The maximum Gasteiger partial charge on any atom is 0.413 e. The first-order valence-electron chi connectivity index (χ1n) is 7.08. The van der Waals surface area contributed by atoms with Gasteiger partial charge in [0.25, 0.3) is 0 Å². The molecule has 1 saturated heterocycles. The third-order valence-electron chi connectivity index (χ3n) is 2.99. The molecule has 0 aromatic rings. The van der Waals surface area contributed by atoms with Gasteiger partial charge in [-0.25, -0.2) is 4.79 Å². The molecule has 1 aliphatic heterocycles. The number of carbonyl (C=O) groups is 2. The third-order valence-corrected chi connectivity index (χ3v) is 2.99. The fourth-order valence-corrected chi connectivity index (χ4v) is 2.10. The molecular weight excluding hydrogens is 274 g/mol. The second-order valence-corrected chi connectivity index (χ2v) is 6.54. The van der Waals surface area contributed by atoms with Crippen LogP contribution in [-0.4, -0.2) is 46.0 Å². The summed E-state index contributed by atoms with van der Waals surface area (Å²) in [6.07, 6.45) is 3.63. The topological polar surface area (TPSA) is 76.1 Å². The molecule has 0 spiro atoms. The second kappa shape index (κ2) is 6.47. The Balaban J connectivity index is 2.75. The van der Waals surface area contributed by atoms with E-state index < -0.39 is 23.4 Å². The zero-order valence-electron chi connectivity index (χ0n) is 13.4. The molecule has 1 heterocycles. The van der Waals surface area contributed by atoms with Crippen molar-refractivity contribution in [2.45, 2.75) is 64.8 Å². The summed E-state index contributed by atoms with van der Waals surface area (Å²) in [5, 5.41) is 8.61. The Hall–Kier alpha value is -1.56. The van der Waals surface area contributed by atoms with Crippen LogP contribution < -0.4 is 0 Å². The van der Waals surface area contributed by atoms with Crippen LogP contribution >= 0.6 is 0 Å². The van der Waals surface area contributed by atoms with Crippen LogP contribution in [0.5, 0.6) is 0 Å². The summed E-state index contributed by atoms with van der Waals surface area (Å²) in [6, 6.07) is -0.247. The van der Waals surface area contributed by atoms with E-state index in [1.807, 2.05) is 40.7 Å². The van der Waals surface area contributed by atoms with Crippen molar-refractivity contribution < 1.29 is 24.2 Å². The first-order valence-corrected chi connectivity index (χ1v) is 7.08. The highest BCUT2D eigenvalue weighted by Gasteiger charge is 2.44. The number of amides is 1. The number of nitrogens with zero attached hydrogens (tertiary/aromatic N) is 1. The minimum atomic E-state index is -0.841. The van der Waals surface area contributed by atoms with E-state index in [2.05, 4.69) is 0 Å². The largest absolute Gasteiger partial charge is 0.481 e. The Morgan fingerprint density at radius 2 is 2.05 bits per heavy atom. The highest BCUT2D eigenvalue weighted by molar-refractivity contribution is 5.70. The number of hydrogen-bond donors (Lipinski definition) is 1. The molecule has 6 heteroatoms. The van der Waals surface area contributed by atoms with Crippen molar-refractivity contribution >= 4 is 12.1 Å². The molecule has 0 aliphatic carbocycles. The van der Waals surface area contributed by atoms with Crippen LogP contribution in [-0.2, 0) is 14.3 Å². The Morgan fingerprint density at radius 1 is 1.43 bits per heavy atom. The van der Waals surface area contributed by atoms with Gasteiger partial charge in [0.1, 0.15) is 11.3 Å². The number of ether oxygens (including phenoxy) is 2. The van der Waals surface area contributed by atoms with Crippen molar-refractivity contribution in [3.05, 3.63) is 12.2 Å². The first-order chi connectivity index (χ1) is 9.53. The van der Waals surface area contributed by atoms with Crippen LogP contribution in [0.3, 0.4) is 0 Å². The van der Waals surface area contributed by atoms with Gasteiger partial charge in [0.05, 0.1) is 12.6 Å². The fraction of sp³-hybridized carbons (Fsp3) is 0.733. The summed E-state index contributed by atoms with van der Waals surface area (Å²) in [5.41, 5.74) is -1.32. The van der Waals surface area contributed by atoms with Gasteiger partial charge in [-0.1, -0.05) is 12.2 Å².